The molecule has 0 radical (unpaired) electrons. The molecule has 0 aliphatic carbocycles. The van der Waals surface area contributed by atoms with Gasteiger partial charge in [-0.05, 0) is 43.5 Å². The van der Waals surface area contributed by atoms with E-state index in [0.29, 0.717) is 12.1 Å². The number of imide groups is 1. The lowest BCUT2D eigenvalue weighted by molar-refractivity contribution is -0.139. The van der Waals surface area contributed by atoms with Crippen LogP contribution in [0.15, 0.2) is 59.5 Å². The van der Waals surface area contributed by atoms with Crippen molar-refractivity contribution in [1.82, 2.24) is 20.7 Å². The summed E-state index contributed by atoms with van der Waals surface area (Å²) in [4.78, 5) is 40.5. The minimum atomic E-state index is -1.21. The Morgan fingerprint density at radius 2 is 1.79 bits per heavy atom. The second-order valence-electron chi connectivity index (χ2n) is 7.12. The number of amides is 4. The summed E-state index contributed by atoms with van der Waals surface area (Å²) in [5, 5.41) is 3.42. The molecule has 0 spiro atoms. The smallest absolute Gasteiger partial charge is 0.318 e. The molecule has 0 bridgehead atoms. The number of nitrogens with zero attached hydrogens (tertiary/aromatic N) is 2. The van der Waals surface area contributed by atoms with Crippen LogP contribution in [0, 0.1) is 0 Å². The Bertz CT molecular complexity index is 904. The molecule has 29 heavy (non-hydrogen) atoms. The van der Waals surface area contributed by atoms with Crippen molar-refractivity contribution in [3.63, 3.8) is 0 Å². The highest BCUT2D eigenvalue weighted by atomic mass is 32.2. The molecule has 8 heteroatoms. The van der Waals surface area contributed by atoms with Crippen LogP contribution in [0.5, 0.6) is 0 Å². The van der Waals surface area contributed by atoms with Crippen LogP contribution in [0.3, 0.4) is 0 Å². The lowest BCUT2D eigenvalue weighted by Crippen LogP contribution is -2.50. The molecule has 0 saturated carbocycles. The van der Waals surface area contributed by atoms with E-state index in [1.165, 1.54) is 4.90 Å². The molecule has 2 N–H and O–H groups in total. The van der Waals surface area contributed by atoms with E-state index in [-0.39, 0.29) is 6.54 Å². The fourth-order valence-electron chi connectivity index (χ4n) is 3.21. The number of hydrogen-bond acceptors (Lipinski definition) is 5. The van der Waals surface area contributed by atoms with Gasteiger partial charge in [0.25, 0.3) is 11.8 Å². The van der Waals surface area contributed by atoms with Gasteiger partial charge >= 0.3 is 6.03 Å². The second kappa shape index (κ2) is 8.67. The Balaban J connectivity index is 1.59. The van der Waals surface area contributed by atoms with Crippen molar-refractivity contribution >= 4 is 29.6 Å². The van der Waals surface area contributed by atoms with Crippen LogP contribution in [-0.2, 0) is 21.7 Å². The largest absolute Gasteiger partial charge is 0.344 e. The van der Waals surface area contributed by atoms with Crippen molar-refractivity contribution in [2.24, 2.45) is 0 Å². The summed E-state index contributed by atoms with van der Waals surface area (Å²) in [5.41, 5.74) is 2.94. The molecule has 1 heterocycles. The van der Waals surface area contributed by atoms with Crippen molar-refractivity contribution in [3.8, 4) is 0 Å². The third-order valence-corrected chi connectivity index (χ3v) is 5.55. The molecule has 2 aromatic carbocycles. The van der Waals surface area contributed by atoms with Gasteiger partial charge in [0, 0.05) is 11.4 Å². The van der Waals surface area contributed by atoms with Gasteiger partial charge in [-0.2, -0.15) is 5.01 Å². The van der Waals surface area contributed by atoms with E-state index >= 15 is 0 Å². The summed E-state index contributed by atoms with van der Waals surface area (Å²) in [6.07, 6.45) is 2.02. The van der Waals surface area contributed by atoms with Gasteiger partial charge < -0.3 is 5.32 Å². The monoisotopic (exact) mass is 412 g/mol. The van der Waals surface area contributed by atoms with Crippen LogP contribution in [0.2, 0.25) is 0 Å². The summed E-state index contributed by atoms with van der Waals surface area (Å²) in [5.74, 6) is -0.952. The highest BCUT2D eigenvalue weighted by Gasteiger charge is 2.49. The Hall–Kier alpha value is -2.84. The number of hydrogen-bond donors (Lipinski definition) is 2. The fourth-order valence-corrected chi connectivity index (χ4v) is 3.62. The summed E-state index contributed by atoms with van der Waals surface area (Å²) >= 11 is 1.67. The first-order valence-electron chi connectivity index (χ1n) is 9.16. The highest BCUT2D eigenvalue weighted by Crippen LogP contribution is 2.27. The number of hydrazine groups is 1. The van der Waals surface area contributed by atoms with Crippen LogP contribution in [0.1, 0.15) is 18.1 Å². The molecule has 1 atom stereocenters. The SMILES string of the molecule is CSc1ccc(CN(C)CC(=O)NN2C(=O)N[C@@](C)(c3ccccc3)C2=O)cc1. The predicted octanol–water partition coefficient (Wildman–Crippen LogP) is 2.34. The first kappa shape index (κ1) is 20.9. The maximum absolute atomic E-state index is 12.8. The van der Waals surface area contributed by atoms with Crippen LogP contribution in [0.4, 0.5) is 4.79 Å². The molecule has 2 aromatic rings. The van der Waals surface area contributed by atoms with Crippen LogP contribution < -0.4 is 10.7 Å². The minimum Gasteiger partial charge on any atom is -0.318 e. The topological polar surface area (TPSA) is 81.8 Å². The molecule has 3 rings (SSSR count). The van der Waals surface area contributed by atoms with E-state index in [9.17, 15) is 14.4 Å². The van der Waals surface area contributed by atoms with E-state index < -0.39 is 23.4 Å². The molecule has 1 saturated heterocycles. The van der Waals surface area contributed by atoms with Crippen molar-refractivity contribution in [2.45, 2.75) is 23.9 Å². The number of benzene rings is 2. The van der Waals surface area contributed by atoms with Crippen LogP contribution >= 0.6 is 11.8 Å². The van der Waals surface area contributed by atoms with E-state index in [1.807, 2.05) is 48.5 Å². The lowest BCUT2D eigenvalue weighted by Gasteiger charge is -2.22. The number of rotatable bonds is 7. The highest BCUT2D eigenvalue weighted by molar-refractivity contribution is 7.98. The summed E-state index contributed by atoms with van der Waals surface area (Å²) in [7, 11) is 1.81. The molecule has 0 unspecified atom stereocenters. The molecule has 7 nitrogen and oxygen atoms in total. The minimum absolute atomic E-state index is 0.0450. The first-order chi connectivity index (χ1) is 13.8. The molecular weight excluding hydrogens is 388 g/mol. The van der Waals surface area contributed by atoms with Gasteiger partial charge in [0.15, 0.2) is 0 Å². The predicted molar refractivity (Wildman–Crippen MR) is 112 cm³/mol. The maximum atomic E-state index is 12.8. The fraction of sp³-hybridized carbons (Fsp3) is 0.286. The number of nitrogens with one attached hydrogen (secondary N) is 2. The lowest BCUT2D eigenvalue weighted by atomic mass is 9.92. The van der Waals surface area contributed by atoms with Crippen LogP contribution in [0.25, 0.3) is 0 Å². The first-order valence-corrected chi connectivity index (χ1v) is 10.4. The zero-order valence-electron chi connectivity index (χ0n) is 16.6. The van der Waals surface area contributed by atoms with Gasteiger partial charge in [0.05, 0.1) is 6.54 Å². The van der Waals surface area contributed by atoms with E-state index in [1.54, 1.807) is 43.0 Å². The summed E-state index contributed by atoms with van der Waals surface area (Å²) in [6, 6.07) is 16.4. The van der Waals surface area contributed by atoms with E-state index in [2.05, 4.69) is 10.7 Å². The third-order valence-electron chi connectivity index (χ3n) is 4.80. The molecular formula is C21H24N4O3S. The second-order valence-corrected chi connectivity index (χ2v) is 8.00. The number of carbonyl (C=O) groups excluding carboxylic acids is 3. The van der Waals surface area contributed by atoms with Gasteiger partial charge in [-0.15, -0.1) is 11.8 Å². The molecule has 152 valence electrons. The third kappa shape index (κ3) is 4.60. The Morgan fingerprint density at radius 1 is 1.14 bits per heavy atom. The van der Waals surface area contributed by atoms with Gasteiger partial charge in [-0.1, -0.05) is 42.5 Å². The zero-order chi connectivity index (χ0) is 21.0. The normalized spacial score (nSPS) is 18.8. The van der Waals surface area contributed by atoms with Crippen molar-refractivity contribution in [3.05, 3.63) is 65.7 Å². The van der Waals surface area contributed by atoms with E-state index in [4.69, 9.17) is 0 Å². The molecule has 1 aliphatic heterocycles. The van der Waals surface area contributed by atoms with Crippen molar-refractivity contribution < 1.29 is 14.4 Å². The van der Waals surface area contributed by atoms with Gasteiger partial charge in [-0.25, -0.2) is 4.79 Å². The Morgan fingerprint density at radius 3 is 2.41 bits per heavy atom. The average Bonchev–Trinajstić information content (AvgIpc) is 2.93. The van der Waals surface area contributed by atoms with Gasteiger partial charge in [-0.3, -0.25) is 19.9 Å². The average molecular weight is 413 g/mol. The molecule has 1 fully saturated rings. The zero-order valence-corrected chi connectivity index (χ0v) is 17.5. The van der Waals surface area contributed by atoms with Crippen LogP contribution in [-0.4, -0.2) is 47.6 Å². The molecule has 1 aliphatic rings. The van der Waals surface area contributed by atoms with Gasteiger partial charge in [0.2, 0.25) is 0 Å². The summed E-state index contributed by atoms with van der Waals surface area (Å²) in [6.45, 7) is 2.24. The quantitative estimate of drug-likeness (QED) is 0.539. The van der Waals surface area contributed by atoms with Crippen molar-refractivity contribution in [2.75, 3.05) is 19.8 Å². The number of likely N-dealkylation sites (N-methyl/N-ethyl adjacent to an activating group) is 1. The van der Waals surface area contributed by atoms with Crippen molar-refractivity contribution in [1.29, 1.82) is 0 Å². The van der Waals surface area contributed by atoms with Gasteiger partial charge in [0.1, 0.15) is 5.54 Å². The number of carbonyl (C=O) groups is 3. The Labute approximate surface area is 174 Å². The standard InChI is InChI=1S/C21H24N4O3S/c1-21(16-7-5-4-6-8-16)19(27)25(20(28)22-21)23-18(26)14-24(2)13-15-9-11-17(29-3)12-10-15/h4-12H,13-14H2,1-3H3,(H,22,28)(H,23,26)/t21-/m0/s1. The molecule has 4 amide bonds. The molecule has 0 aromatic heterocycles. The summed E-state index contributed by atoms with van der Waals surface area (Å²) < 4.78 is 0. The Kier molecular flexibility index (Phi) is 6.24. The van der Waals surface area contributed by atoms with E-state index in [0.717, 1.165) is 10.6 Å². The number of urea groups is 1. The maximum Gasteiger partial charge on any atom is 0.344 e. The number of thioether (sulfide) groups is 1.